The molecule has 0 unspecified atom stereocenters. The van der Waals surface area contributed by atoms with Crippen LogP contribution in [0.3, 0.4) is 0 Å². The maximum Gasteiger partial charge on any atom is 0.234 e. The number of halogens is 1. The number of hydrogen-bond donors (Lipinski definition) is 1. The summed E-state index contributed by atoms with van der Waals surface area (Å²) >= 11 is 5.93. The van der Waals surface area contributed by atoms with Gasteiger partial charge in [-0.15, -0.1) is 0 Å². The van der Waals surface area contributed by atoms with E-state index in [0.717, 1.165) is 22.2 Å². The molecule has 0 aliphatic rings. The molecule has 0 radical (unpaired) electrons. The molecule has 0 aliphatic carbocycles. The van der Waals surface area contributed by atoms with E-state index in [-0.39, 0.29) is 5.91 Å². The first-order valence-electron chi connectivity index (χ1n) is 7.40. The van der Waals surface area contributed by atoms with Gasteiger partial charge in [-0.05, 0) is 43.7 Å². The lowest BCUT2D eigenvalue weighted by atomic mass is 9.83. The maximum absolute atomic E-state index is 12.8. The molecule has 0 aliphatic heterocycles. The van der Waals surface area contributed by atoms with Gasteiger partial charge >= 0.3 is 0 Å². The topological polar surface area (TPSA) is 42.0 Å². The van der Waals surface area contributed by atoms with E-state index in [9.17, 15) is 4.79 Å². The molecule has 3 nitrogen and oxygen atoms in total. The third-order valence-electron chi connectivity index (χ3n) is 4.01. The number of carbonyl (C=O) groups is 1. The fourth-order valence-corrected chi connectivity index (χ4v) is 2.61. The zero-order valence-corrected chi connectivity index (χ0v) is 13.8. The van der Waals surface area contributed by atoms with Crippen molar-refractivity contribution in [3.05, 3.63) is 71.4 Å². The van der Waals surface area contributed by atoms with Gasteiger partial charge in [0.15, 0.2) is 0 Å². The average Bonchev–Trinajstić information content (AvgIpc) is 2.55. The van der Waals surface area contributed by atoms with Gasteiger partial charge < -0.3 is 5.32 Å². The van der Waals surface area contributed by atoms with E-state index in [4.69, 9.17) is 11.6 Å². The van der Waals surface area contributed by atoms with Crippen LogP contribution >= 0.6 is 11.6 Å². The van der Waals surface area contributed by atoms with Crippen LogP contribution in [0.4, 0.5) is 5.69 Å². The highest BCUT2D eigenvalue weighted by Crippen LogP contribution is 2.28. The molecule has 0 bridgehead atoms. The highest BCUT2D eigenvalue weighted by atomic mass is 35.5. The first-order chi connectivity index (χ1) is 11.0. The lowest BCUT2D eigenvalue weighted by Crippen LogP contribution is -2.34. The number of nitrogens with one attached hydrogen (secondary N) is 1. The van der Waals surface area contributed by atoms with Gasteiger partial charge in [-0.2, -0.15) is 0 Å². The number of benzene rings is 2. The summed E-state index contributed by atoms with van der Waals surface area (Å²) in [5.74, 6) is -0.0852. The van der Waals surface area contributed by atoms with Crippen LogP contribution in [-0.4, -0.2) is 10.9 Å². The monoisotopic (exact) mass is 324 g/mol. The second kappa shape index (κ2) is 6.01. The zero-order valence-electron chi connectivity index (χ0n) is 13.0. The normalized spacial score (nSPS) is 11.4. The van der Waals surface area contributed by atoms with E-state index in [0.29, 0.717) is 5.02 Å². The van der Waals surface area contributed by atoms with Gasteiger partial charge in [-0.25, -0.2) is 0 Å². The minimum atomic E-state index is -0.679. The van der Waals surface area contributed by atoms with Gasteiger partial charge in [0.25, 0.3) is 0 Å². The molecule has 0 spiro atoms. The Morgan fingerprint density at radius 1 is 1.04 bits per heavy atom. The Bertz CT molecular complexity index is 851. The van der Waals surface area contributed by atoms with Gasteiger partial charge in [0.2, 0.25) is 5.91 Å². The van der Waals surface area contributed by atoms with Crippen molar-refractivity contribution in [1.29, 1.82) is 0 Å². The van der Waals surface area contributed by atoms with Crippen LogP contribution < -0.4 is 5.32 Å². The third kappa shape index (κ3) is 3.06. The van der Waals surface area contributed by atoms with Crippen molar-refractivity contribution in [1.82, 2.24) is 4.98 Å². The standard InChI is InChI=1S/C19H17ClN2O/c1-19(2,14-8-10-15(20)11-9-14)18(23)22-16-7-3-5-13-6-4-12-21-17(13)16/h3-12H,1-2H3,(H,22,23). The summed E-state index contributed by atoms with van der Waals surface area (Å²) in [7, 11) is 0. The van der Waals surface area contributed by atoms with Crippen LogP contribution in [-0.2, 0) is 10.2 Å². The first-order valence-corrected chi connectivity index (χ1v) is 7.77. The summed E-state index contributed by atoms with van der Waals surface area (Å²) in [5.41, 5.74) is 1.74. The molecule has 3 rings (SSSR count). The number of para-hydroxylation sites is 1. The Kier molecular flexibility index (Phi) is 4.05. The first kappa shape index (κ1) is 15.5. The van der Waals surface area contributed by atoms with Crippen LogP contribution in [0.15, 0.2) is 60.8 Å². The second-order valence-electron chi connectivity index (χ2n) is 5.97. The number of fused-ring (bicyclic) bond motifs is 1. The van der Waals surface area contributed by atoms with Gasteiger partial charge in [0, 0.05) is 16.6 Å². The van der Waals surface area contributed by atoms with E-state index < -0.39 is 5.41 Å². The lowest BCUT2D eigenvalue weighted by Gasteiger charge is -2.24. The Hall–Kier alpha value is -2.39. The highest BCUT2D eigenvalue weighted by Gasteiger charge is 2.30. The van der Waals surface area contributed by atoms with Crippen molar-refractivity contribution < 1.29 is 4.79 Å². The molecule has 0 saturated carbocycles. The summed E-state index contributed by atoms with van der Waals surface area (Å²) < 4.78 is 0. The molecular formula is C19H17ClN2O. The zero-order chi connectivity index (χ0) is 16.4. The summed E-state index contributed by atoms with van der Waals surface area (Å²) in [6, 6.07) is 17.0. The number of nitrogens with zero attached hydrogens (tertiary/aromatic N) is 1. The fourth-order valence-electron chi connectivity index (χ4n) is 2.48. The molecule has 2 aromatic carbocycles. The summed E-state index contributed by atoms with van der Waals surface area (Å²) in [4.78, 5) is 17.2. The molecule has 116 valence electrons. The highest BCUT2D eigenvalue weighted by molar-refractivity contribution is 6.30. The molecule has 1 N–H and O–H groups in total. The van der Waals surface area contributed by atoms with Crippen molar-refractivity contribution in [3.8, 4) is 0 Å². The molecule has 1 amide bonds. The molecule has 3 aromatic rings. The predicted octanol–water partition coefficient (Wildman–Crippen LogP) is 4.80. The summed E-state index contributed by atoms with van der Waals surface area (Å²) in [5, 5.41) is 4.65. The van der Waals surface area contributed by atoms with Gasteiger partial charge in [0.1, 0.15) is 0 Å². The van der Waals surface area contributed by atoms with Crippen LogP contribution in [0.2, 0.25) is 5.02 Å². The van der Waals surface area contributed by atoms with Crippen molar-refractivity contribution in [3.63, 3.8) is 0 Å². The molecule has 0 saturated heterocycles. The molecule has 4 heteroatoms. The van der Waals surface area contributed by atoms with Crippen LogP contribution in [0, 0.1) is 0 Å². The van der Waals surface area contributed by atoms with Crippen molar-refractivity contribution in [2.75, 3.05) is 5.32 Å². The van der Waals surface area contributed by atoms with Crippen molar-refractivity contribution >= 4 is 34.1 Å². The Balaban J connectivity index is 1.92. The Labute approximate surface area is 140 Å². The van der Waals surface area contributed by atoms with Crippen molar-refractivity contribution in [2.24, 2.45) is 0 Å². The average molecular weight is 325 g/mol. The van der Waals surface area contributed by atoms with Crippen LogP contribution in [0.5, 0.6) is 0 Å². The smallest absolute Gasteiger partial charge is 0.234 e. The van der Waals surface area contributed by atoms with Gasteiger partial charge in [-0.3, -0.25) is 9.78 Å². The molecule has 0 fully saturated rings. The van der Waals surface area contributed by atoms with E-state index in [2.05, 4.69) is 10.3 Å². The molecule has 1 aromatic heterocycles. The lowest BCUT2D eigenvalue weighted by molar-refractivity contribution is -0.120. The molecule has 23 heavy (non-hydrogen) atoms. The van der Waals surface area contributed by atoms with Crippen LogP contribution in [0.1, 0.15) is 19.4 Å². The van der Waals surface area contributed by atoms with Crippen molar-refractivity contribution in [2.45, 2.75) is 19.3 Å². The molecule has 0 atom stereocenters. The minimum absolute atomic E-state index is 0.0852. The van der Waals surface area contributed by atoms with E-state index in [1.807, 2.05) is 56.3 Å². The Morgan fingerprint density at radius 3 is 2.48 bits per heavy atom. The Morgan fingerprint density at radius 2 is 1.74 bits per heavy atom. The molecule has 1 heterocycles. The van der Waals surface area contributed by atoms with E-state index in [1.54, 1.807) is 18.3 Å². The summed E-state index contributed by atoms with van der Waals surface area (Å²) in [6.45, 7) is 3.79. The second-order valence-corrected chi connectivity index (χ2v) is 6.40. The minimum Gasteiger partial charge on any atom is -0.323 e. The van der Waals surface area contributed by atoms with Gasteiger partial charge in [-0.1, -0.05) is 41.9 Å². The maximum atomic E-state index is 12.8. The quantitative estimate of drug-likeness (QED) is 0.751. The predicted molar refractivity (Wildman–Crippen MR) is 94.9 cm³/mol. The van der Waals surface area contributed by atoms with Gasteiger partial charge in [0.05, 0.1) is 16.6 Å². The van der Waals surface area contributed by atoms with E-state index in [1.165, 1.54) is 0 Å². The number of carbonyl (C=O) groups excluding carboxylic acids is 1. The number of anilines is 1. The fraction of sp³-hybridized carbons (Fsp3) is 0.158. The number of hydrogen-bond acceptors (Lipinski definition) is 2. The number of rotatable bonds is 3. The number of pyridine rings is 1. The number of aromatic nitrogens is 1. The molecular weight excluding hydrogens is 308 g/mol. The van der Waals surface area contributed by atoms with E-state index >= 15 is 0 Å². The SMILES string of the molecule is CC(C)(C(=O)Nc1cccc2cccnc12)c1ccc(Cl)cc1. The number of amides is 1. The third-order valence-corrected chi connectivity index (χ3v) is 4.27. The largest absolute Gasteiger partial charge is 0.323 e. The summed E-state index contributed by atoms with van der Waals surface area (Å²) in [6.07, 6.45) is 1.72. The van der Waals surface area contributed by atoms with Crippen LogP contribution in [0.25, 0.3) is 10.9 Å².